The lowest BCUT2D eigenvalue weighted by molar-refractivity contribution is -0.903. The van der Waals surface area contributed by atoms with E-state index in [0.29, 0.717) is 29.4 Å². The number of nitrogens with zero attached hydrogens (tertiary/aromatic N) is 1. The molecule has 0 radical (unpaired) electrons. The molecule has 5 nitrogen and oxygen atoms in total. The van der Waals surface area contributed by atoms with Gasteiger partial charge in [0.2, 0.25) is 0 Å². The van der Waals surface area contributed by atoms with Crippen LogP contribution in [0.3, 0.4) is 0 Å². The van der Waals surface area contributed by atoms with E-state index in [1.807, 2.05) is 13.0 Å². The van der Waals surface area contributed by atoms with Crippen molar-refractivity contribution >= 4 is 23.2 Å². The zero-order chi connectivity index (χ0) is 19.1. The van der Waals surface area contributed by atoms with E-state index in [0.717, 1.165) is 10.5 Å². The number of rotatable bonds is 7. The van der Waals surface area contributed by atoms with Gasteiger partial charge in [-0.15, -0.1) is 0 Å². The van der Waals surface area contributed by atoms with Crippen LogP contribution >= 0.6 is 11.6 Å². The molecule has 1 atom stereocenters. The number of halogens is 2. The summed E-state index contributed by atoms with van der Waals surface area (Å²) in [6, 6.07) is 11.5. The summed E-state index contributed by atoms with van der Waals surface area (Å²) < 4.78 is 18.7. The summed E-state index contributed by atoms with van der Waals surface area (Å²) in [5.74, 6) is -0.407. The van der Waals surface area contributed by atoms with Gasteiger partial charge >= 0.3 is 0 Å². The topological polar surface area (TPSA) is 66.6 Å². The summed E-state index contributed by atoms with van der Waals surface area (Å²) in [4.78, 5) is 13.2. The zero-order valence-corrected chi connectivity index (χ0v) is 15.4. The van der Waals surface area contributed by atoms with Crippen LogP contribution in [0.2, 0.25) is 5.02 Å². The maximum atomic E-state index is 13.8. The minimum absolute atomic E-state index is 0.184. The fourth-order valence-electron chi connectivity index (χ4n) is 2.54. The van der Waals surface area contributed by atoms with Gasteiger partial charge in [-0.3, -0.25) is 4.79 Å². The number of carbonyl (C=O) groups is 1. The molecule has 0 aliphatic rings. The van der Waals surface area contributed by atoms with Crippen LogP contribution in [0.5, 0.6) is 5.75 Å². The lowest BCUT2D eigenvalue weighted by Gasteiger charge is -2.18. The predicted octanol–water partition coefficient (Wildman–Crippen LogP) is 2.40. The number of hydrogen-bond acceptors (Lipinski definition) is 3. The molecule has 0 aromatic heterocycles. The molecule has 0 heterocycles. The minimum atomic E-state index is -0.419. The third-order valence-corrected chi connectivity index (χ3v) is 4.27. The second-order valence-electron chi connectivity index (χ2n) is 5.78. The van der Waals surface area contributed by atoms with Gasteiger partial charge in [-0.2, -0.15) is 5.26 Å². The van der Waals surface area contributed by atoms with E-state index in [2.05, 4.69) is 5.32 Å². The first kappa shape index (κ1) is 19.7. The molecule has 0 aliphatic heterocycles. The highest BCUT2D eigenvalue weighted by Crippen LogP contribution is 2.20. The maximum Gasteiger partial charge on any atom is 0.279 e. The van der Waals surface area contributed by atoms with E-state index in [4.69, 9.17) is 21.6 Å². The molecule has 2 N–H and O–H groups in total. The average Bonchev–Trinajstić information content (AvgIpc) is 2.61. The highest BCUT2D eigenvalue weighted by Gasteiger charge is 2.15. The van der Waals surface area contributed by atoms with Crippen LogP contribution in [-0.4, -0.2) is 26.1 Å². The van der Waals surface area contributed by atoms with Gasteiger partial charge in [0.15, 0.2) is 18.1 Å². The molecule has 0 aliphatic carbocycles. The number of benzene rings is 2. The predicted molar refractivity (Wildman–Crippen MR) is 97.8 cm³/mol. The molecule has 26 heavy (non-hydrogen) atoms. The normalized spacial score (nSPS) is 11.5. The molecule has 0 saturated heterocycles. The van der Waals surface area contributed by atoms with Gasteiger partial charge < -0.3 is 15.0 Å². The second kappa shape index (κ2) is 9.18. The molecular formula is C19H20ClFN3O2+. The van der Waals surface area contributed by atoms with Gasteiger partial charge in [0.25, 0.3) is 5.91 Å². The van der Waals surface area contributed by atoms with Crippen LogP contribution in [0.15, 0.2) is 36.4 Å². The first-order valence-electron chi connectivity index (χ1n) is 8.12. The number of hydrogen-bond donors (Lipinski definition) is 2. The van der Waals surface area contributed by atoms with E-state index in [1.54, 1.807) is 30.3 Å². The van der Waals surface area contributed by atoms with Crippen molar-refractivity contribution in [2.75, 3.05) is 25.5 Å². The van der Waals surface area contributed by atoms with Gasteiger partial charge in [-0.1, -0.05) is 11.6 Å². The molecule has 2 aromatic rings. The van der Waals surface area contributed by atoms with Gasteiger partial charge in [0, 0.05) is 11.3 Å². The molecule has 2 aromatic carbocycles. The van der Waals surface area contributed by atoms with Crippen LogP contribution in [0.1, 0.15) is 18.1 Å². The summed E-state index contributed by atoms with van der Waals surface area (Å²) in [6.07, 6.45) is 0. The Hall–Kier alpha value is -2.62. The first-order valence-corrected chi connectivity index (χ1v) is 8.50. The molecular weight excluding hydrogens is 357 g/mol. The number of nitrogens with one attached hydrogen (secondary N) is 2. The van der Waals surface area contributed by atoms with Crippen molar-refractivity contribution in [2.45, 2.75) is 13.5 Å². The van der Waals surface area contributed by atoms with E-state index >= 15 is 0 Å². The number of nitriles is 1. The van der Waals surface area contributed by atoms with Crippen molar-refractivity contribution in [2.24, 2.45) is 0 Å². The fraction of sp³-hybridized carbons (Fsp3) is 0.263. The third-order valence-electron chi connectivity index (χ3n) is 3.95. The van der Waals surface area contributed by atoms with Crippen molar-refractivity contribution < 1.29 is 18.8 Å². The number of amides is 1. The first-order chi connectivity index (χ1) is 12.5. The SMILES string of the molecule is CC[NH+](CC(=O)Nc1ccc(C#N)c(Cl)c1)Cc1ccc(OC)c(F)c1. The Morgan fingerprint density at radius 1 is 1.35 bits per heavy atom. The molecule has 1 unspecified atom stereocenters. The Labute approximate surface area is 156 Å². The molecule has 136 valence electrons. The Kier molecular flexibility index (Phi) is 6.96. The molecule has 0 bridgehead atoms. The Balaban J connectivity index is 1.98. The summed E-state index contributed by atoms with van der Waals surface area (Å²) in [5, 5.41) is 11.9. The lowest BCUT2D eigenvalue weighted by Crippen LogP contribution is -3.11. The van der Waals surface area contributed by atoms with Crippen LogP contribution < -0.4 is 15.0 Å². The third kappa shape index (κ3) is 5.19. The Morgan fingerprint density at radius 2 is 2.12 bits per heavy atom. The van der Waals surface area contributed by atoms with Gasteiger partial charge in [-0.05, 0) is 43.3 Å². The quantitative estimate of drug-likeness (QED) is 0.779. The lowest BCUT2D eigenvalue weighted by atomic mass is 10.2. The van der Waals surface area contributed by atoms with Crippen molar-refractivity contribution in [3.8, 4) is 11.8 Å². The van der Waals surface area contributed by atoms with E-state index in [1.165, 1.54) is 13.2 Å². The number of quaternary nitrogens is 1. The summed E-state index contributed by atoms with van der Waals surface area (Å²) in [5.41, 5.74) is 1.67. The standard InChI is InChI=1S/C19H19ClFN3O2/c1-3-24(11-13-4-7-18(26-2)17(21)8-13)12-19(25)23-15-6-5-14(10-22)16(20)9-15/h4-9H,3,11-12H2,1-2H3,(H,23,25)/p+1. The molecule has 0 saturated carbocycles. The highest BCUT2D eigenvalue weighted by molar-refractivity contribution is 6.32. The van der Waals surface area contributed by atoms with Crippen molar-refractivity contribution in [3.63, 3.8) is 0 Å². The number of ether oxygens (including phenoxy) is 1. The van der Waals surface area contributed by atoms with E-state index in [-0.39, 0.29) is 18.2 Å². The molecule has 0 spiro atoms. The van der Waals surface area contributed by atoms with Crippen molar-refractivity contribution in [3.05, 3.63) is 58.4 Å². The molecule has 7 heteroatoms. The van der Waals surface area contributed by atoms with E-state index in [9.17, 15) is 9.18 Å². The fourth-order valence-corrected chi connectivity index (χ4v) is 2.76. The zero-order valence-electron chi connectivity index (χ0n) is 14.6. The summed E-state index contributed by atoms with van der Waals surface area (Å²) >= 11 is 5.97. The van der Waals surface area contributed by atoms with Crippen molar-refractivity contribution in [1.29, 1.82) is 5.26 Å². The number of methoxy groups -OCH3 is 1. The van der Waals surface area contributed by atoms with Crippen LogP contribution in [-0.2, 0) is 11.3 Å². The molecule has 1 amide bonds. The monoisotopic (exact) mass is 376 g/mol. The van der Waals surface area contributed by atoms with E-state index < -0.39 is 5.82 Å². The number of anilines is 1. The molecule has 2 rings (SSSR count). The van der Waals surface area contributed by atoms with Crippen molar-refractivity contribution in [1.82, 2.24) is 0 Å². The van der Waals surface area contributed by atoms with Crippen LogP contribution in [0.4, 0.5) is 10.1 Å². The summed E-state index contributed by atoms with van der Waals surface area (Å²) in [6.45, 7) is 3.40. The Bertz CT molecular complexity index is 836. The highest BCUT2D eigenvalue weighted by atomic mass is 35.5. The number of carbonyl (C=O) groups excluding carboxylic acids is 1. The number of likely N-dealkylation sites (N-methyl/N-ethyl adjacent to an activating group) is 1. The summed E-state index contributed by atoms with van der Waals surface area (Å²) in [7, 11) is 1.42. The van der Waals surface area contributed by atoms with Crippen LogP contribution in [0.25, 0.3) is 0 Å². The average molecular weight is 377 g/mol. The second-order valence-corrected chi connectivity index (χ2v) is 6.19. The molecule has 0 fully saturated rings. The smallest absolute Gasteiger partial charge is 0.279 e. The van der Waals surface area contributed by atoms with Crippen LogP contribution in [0, 0.1) is 17.1 Å². The Morgan fingerprint density at radius 3 is 2.69 bits per heavy atom. The maximum absolute atomic E-state index is 13.8. The largest absolute Gasteiger partial charge is 0.494 e. The van der Waals surface area contributed by atoms with Gasteiger partial charge in [0.1, 0.15) is 12.6 Å². The van der Waals surface area contributed by atoms with Gasteiger partial charge in [0.05, 0.1) is 24.2 Å². The van der Waals surface area contributed by atoms with Gasteiger partial charge in [-0.25, -0.2) is 4.39 Å². The minimum Gasteiger partial charge on any atom is -0.494 e.